The topological polar surface area (TPSA) is 55.4 Å². The van der Waals surface area contributed by atoms with Crippen LogP contribution in [0.15, 0.2) is 0 Å². The molecule has 1 fully saturated rings. The Morgan fingerprint density at radius 1 is 1.22 bits per heavy atom. The fourth-order valence-corrected chi connectivity index (χ4v) is 3.94. The minimum atomic E-state index is -2.89. The van der Waals surface area contributed by atoms with E-state index in [0.717, 1.165) is 6.42 Å². The van der Waals surface area contributed by atoms with E-state index in [4.69, 9.17) is 4.74 Å². The monoisotopic (exact) mass is 277 g/mol. The van der Waals surface area contributed by atoms with Crippen molar-refractivity contribution >= 4 is 9.84 Å². The first-order chi connectivity index (χ1) is 8.08. The second kappa shape index (κ2) is 5.47. The van der Waals surface area contributed by atoms with Crippen molar-refractivity contribution in [1.29, 1.82) is 0 Å². The Bertz CT molecular complexity index is 374. The molecule has 1 saturated heterocycles. The van der Waals surface area contributed by atoms with Crippen LogP contribution in [0.4, 0.5) is 0 Å². The Kier molecular flexibility index (Phi) is 4.84. The highest BCUT2D eigenvalue weighted by atomic mass is 32.2. The van der Waals surface area contributed by atoms with Crippen molar-refractivity contribution in [1.82, 2.24) is 5.32 Å². The number of sulfone groups is 1. The van der Waals surface area contributed by atoms with Crippen LogP contribution in [0.2, 0.25) is 0 Å². The summed E-state index contributed by atoms with van der Waals surface area (Å²) in [7, 11) is -2.89. The highest BCUT2D eigenvalue weighted by Gasteiger charge is 2.45. The van der Waals surface area contributed by atoms with Crippen LogP contribution in [0.5, 0.6) is 0 Å². The molecule has 1 aliphatic rings. The van der Waals surface area contributed by atoms with E-state index >= 15 is 0 Å². The van der Waals surface area contributed by atoms with Gasteiger partial charge in [0.05, 0.1) is 17.0 Å². The highest BCUT2D eigenvalue weighted by Crippen LogP contribution is 2.37. The van der Waals surface area contributed by atoms with E-state index in [1.165, 1.54) is 0 Å². The second-order valence-electron chi connectivity index (χ2n) is 6.33. The highest BCUT2D eigenvalue weighted by molar-refractivity contribution is 7.91. The molecule has 1 aliphatic heterocycles. The third-order valence-corrected chi connectivity index (χ3v) is 5.25. The molecule has 0 unspecified atom stereocenters. The molecule has 1 N–H and O–H groups in total. The van der Waals surface area contributed by atoms with E-state index in [0.29, 0.717) is 13.0 Å². The van der Waals surface area contributed by atoms with Crippen molar-refractivity contribution in [2.75, 3.05) is 18.1 Å². The molecule has 0 spiro atoms. The van der Waals surface area contributed by atoms with Gasteiger partial charge < -0.3 is 10.1 Å². The quantitative estimate of drug-likeness (QED) is 0.803. The number of hydrogen-bond acceptors (Lipinski definition) is 4. The first-order valence-corrected chi connectivity index (χ1v) is 8.54. The van der Waals surface area contributed by atoms with Gasteiger partial charge in [0, 0.05) is 18.3 Å². The van der Waals surface area contributed by atoms with E-state index in [2.05, 4.69) is 33.0 Å². The van der Waals surface area contributed by atoms with Gasteiger partial charge in [-0.05, 0) is 40.5 Å². The second-order valence-corrected chi connectivity index (χ2v) is 8.63. The Balaban J connectivity index is 2.45. The molecule has 0 saturated carbocycles. The van der Waals surface area contributed by atoms with E-state index in [-0.39, 0.29) is 28.7 Å². The Hall–Kier alpha value is -0.130. The van der Waals surface area contributed by atoms with Crippen molar-refractivity contribution < 1.29 is 13.2 Å². The van der Waals surface area contributed by atoms with E-state index in [9.17, 15) is 8.42 Å². The van der Waals surface area contributed by atoms with Crippen molar-refractivity contribution in [3.63, 3.8) is 0 Å². The fraction of sp³-hybridized carbons (Fsp3) is 1.00. The summed E-state index contributed by atoms with van der Waals surface area (Å²) < 4.78 is 29.2. The summed E-state index contributed by atoms with van der Waals surface area (Å²) in [4.78, 5) is 0. The Morgan fingerprint density at radius 2 is 1.83 bits per heavy atom. The first kappa shape index (κ1) is 15.9. The number of rotatable bonds is 6. The number of hydrogen-bond donors (Lipinski definition) is 1. The molecule has 1 rings (SSSR count). The van der Waals surface area contributed by atoms with Crippen LogP contribution < -0.4 is 5.32 Å². The van der Waals surface area contributed by atoms with Crippen molar-refractivity contribution in [3.8, 4) is 0 Å². The first-order valence-electron chi connectivity index (χ1n) is 6.72. The van der Waals surface area contributed by atoms with Gasteiger partial charge in [-0.15, -0.1) is 0 Å². The summed E-state index contributed by atoms with van der Waals surface area (Å²) in [6, 6.07) is 0.212. The molecule has 1 atom stereocenters. The maximum Gasteiger partial charge on any atom is 0.151 e. The van der Waals surface area contributed by atoms with Gasteiger partial charge in [0.1, 0.15) is 0 Å². The van der Waals surface area contributed by atoms with E-state index in [1.807, 2.05) is 6.92 Å². The van der Waals surface area contributed by atoms with Crippen LogP contribution >= 0.6 is 0 Å². The van der Waals surface area contributed by atoms with E-state index < -0.39 is 9.84 Å². The van der Waals surface area contributed by atoms with Crippen molar-refractivity contribution in [2.24, 2.45) is 0 Å². The maximum absolute atomic E-state index is 11.6. The van der Waals surface area contributed by atoms with E-state index in [1.54, 1.807) is 0 Å². The Morgan fingerprint density at radius 3 is 2.28 bits per heavy atom. The van der Waals surface area contributed by atoms with Crippen LogP contribution in [-0.4, -0.2) is 43.7 Å². The smallest absolute Gasteiger partial charge is 0.151 e. The molecule has 0 amide bonds. The van der Waals surface area contributed by atoms with Gasteiger partial charge >= 0.3 is 0 Å². The zero-order valence-corrected chi connectivity index (χ0v) is 13.1. The summed E-state index contributed by atoms with van der Waals surface area (Å²) in [6.07, 6.45) is 1.60. The predicted octanol–water partition coefficient (Wildman–Crippen LogP) is 1.75. The van der Waals surface area contributed by atoms with Gasteiger partial charge in [-0.3, -0.25) is 0 Å². The fourth-order valence-electron chi connectivity index (χ4n) is 2.68. The molecule has 18 heavy (non-hydrogen) atoms. The summed E-state index contributed by atoms with van der Waals surface area (Å²) >= 11 is 0. The lowest BCUT2D eigenvalue weighted by molar-refractivity contribution is -0.0696. The van der Waals surface area contributed by atoms with Crippen LogP contribution in [0.1, 0.15) is 47.5 Å². The number of nitrogens with one attached hydrogen (secondary N) is 1. The predicted molar refractivity (Wildman–Crippen MR) is 74.6 cm³/mol. The zero-order valence-electron chi connectivity index (χ0n) is 12.2. The van der Waals surface area contributed by atoms with Crippen LogP contribution in [0.25, 0.3) is 0 Å². The summed E-state index contributed by atoms with van der Waals surface area (Å²) in [6.45, 7) is 10.7. The molecule has 4 nitrogen and oxygen atoms in total. The normalized spacial score (nSPS) is 26.4. The lowest BCUT2D eigenvalue weighted by Gasteiger charge is -2.27. The zero-order chi connectivity index (χ0) is 14.0. The van der Waals surface area contributed by atoms with Crippen molar-refractivity contribution in [3.05, 3.63) is 0 Å². The van der Waals surface area contributed by atoms with Gasteiger partial charge in [0.15, 0.2) is 9.84 Å². The SMILES string of the molecule is CCCS(=O)(=O)CCN[C@H]1CC(C)(C)OC1(C)C. The van der Waals surface area contributed by atoms with Gasteiger partial charge in [-0.1, -0.05) is 6.92 Å². The largest absolute Gasteiger partial charge is 0.368 e. The standard InChI is InChI=1S/C13H27NO3S/c1-6-8-18(15,16)9-7-14-11-10-12(2,3)17-13(11,4)5/h11,14H,6-10H2,1-5H3/t11-/m0/s1. The minimum Gasteiger partial charge on any atom is -0.368 e. The molecule has 108 valence electrons. The lowest BCUT2D eigenvalue weighted by Crippen LogP contribution is -2.45. The lowest BCUT2D eigenvalue weighted by atomic mass is 9.94. The van der Waals surface area contributed by atoms with Gasteiger partial charge in [-0.2, -0.15) is 0 Å². The average Bonchev–Trinajstić information content (AvgIpc) is 2.33. The maximum atomic E-state index is 11.6. The Labute approximate surface area is 111 Å². The van der Waals surface area contributed by atoms with Gasteiger partial charge in [-0.25, -0.2) is 8.42 Å². The molecule has 0 aromatic carbocycles. The molecule has 1 heterocycles. The summed E-state index contributed by atoms with van der Waals surface area (Å²) in [5.74, 6) is 0.499. The molecule has 0 aromatic heterocycles. The van der Waals surface area contributed by atoms with Crippen molar-refractivity contribution in [2.45, 2.75) is 64.7 Å². The number of ether oxygens (including phenoxy) is 1. The van der Waals surface area contributed by atoms with Crippen LogP contribution in [0.3, 0.4) is 0 Å². The molecular formula is C13H27NO3S. The molecular weight excluding hydrogens is 250 g/mol. The third kappa shape index (κ3) is 4.52. The molecule has 0 aromatic rings. The van der Waals surface area contributed by atoms with Gasteiger partial charge in [0.25, 0.3) is 0 Å². The van der Waals surface area contributed by atoms with Gasteiger partial charge in [0.2, 0.25) is 0 Å². The minimum absolute atomic E-state index is 0.135. The molecule has 5 heteroatoms. The third-order valence-electron chi connectivity index (χ3n) is 3.39. The molecule has 0 radical (unpaired) electrons. The van der Waals surface area contributed by atoms with Crippen LogP contribution in [-0.2, 0) is 14.6 Å². The average molecular weight is 277 g/mol. The van der Waals surface area contributed by atoms with Crippen LogP contribution in [0, 0.1) is 0 Å². The summed E-state index contributed by atoms with van der Waals surface area (Å²) in [5.41, 5.74) is -0.374. The molecule has 0 aliphatic carbocycles. The molecule has 0 bridgehead atoms. The summed E-state index contributed by atoms with van der Waals surface area (Å²) in [5, 5.41) is 3.34.